The van der Waals surface area contributed by atoms with Crippen LogP contribution in [-0.2, 0) is 5.41 Å². The van der Waals surface area contributed by atoms with E-state index in [1.165, 1.54) is 0 Å². The Morgan fingerprint density at radius 1 is 1.13 bits per heavy atom. The van der Waals surface area contributed by atoms with Gasteiger partial charge < -0.3 is 5.11 Å². The second kappa shape index (κ2) is 3.61. The van der Waals surface area contributed by atoms with Gasteiger partial charge in [0.1, 0.15) is 0 Å². The number of aromatic nitrogens is 2. The number of rotatable bonds is 1. The molecule has 0 saturated carbocycles. The molecule has 0 atom stereocenters. The first-order chi connectivity index (χ1) is 6.73. The van der Waals surface area contributed by atoms with Crippen LogP contribution in [0.1, 0.15) is 48.3 Å². The second-order valence-corrected chi connectivity index (χ2v) is 4.65. The van der Waals surface area contributed by atoms with Gasteiger partial charge in [0.05, 0.1) is 17.1 Å². The molecule has 82 valence electrons. The predicted molar refractivity (Wildman–Crippen MR) is 57.2 cm³/mol. The number of carbonyl (C=O) groups is 1. The van der Waals surface area contributed by atoms with E-state index in [9.17, 15) is 4.79 Å². The van der Waals surface area contributed by atoms with Crippen molar-refractivity contribution in [2.75, 3.05) is 0 Å². The van der Waals surface area contributed by atoms with Gasteiger partial charge >= 0.3 is 5.97 Å². The van der Waals surface area contributed by atoms with Crippen LogP contribution in [0.2, 0.25) is 0 Å². The molecule has 0 amide bonds. The molecule has 0 spiro atoms. The zero-order chi connectivity index (χ0) is 11.8. The van der Waals surface area contributed by atoms with Crippen molar-refractivity contribution in [1.29, 1.82) is 0 Å². The maximum absolute atomic E-state index is 10.8. The van der Waals surface area contributed by atoms with E-state index in [1.807, 2.05) is 20.8 Å². The van der Waals surface area contributed by atoms with Crippen LogP contribution in [-0.4, -0.2) is 21.0 Å². The monoisotopic (exact) mass is 208 g/mol. The van der Waals surface area contributed by atoms with Crippen molar-refractivity contribution in [3.63, 3.8) is 0 Å². The van der Waals surface area contributed by atoms with E-state index in [4.69, 9.17) is 5.11 Å². The number of aryl methyl sites for hydroxylation is 2. The van der Waals surface area contributed by atoms with Crippen molar-refractivity contribution in [3.8, 4) is 0 Å². The largest absolute Gasteiger partial charge is 0.476 e. The number of carboxylic acids is 1. The first-order valence-electron chi connectivity index (χ1n) is 4.82. The van der Waals surface area contributed by atoms with Gasteiger partial charge in [0, 0.05) is 5.41 Å². The SMILES string of the molecule is Cc1nc(C(C)(C)C)c(C)nc1C(=O)O. The lowest BCUT2D eigenvalue weighted by atomic mass is 9.90. The van der Waals surface area contributed by atoms with Crippen LogP contribution in [0, 0.1) is 13.8 Å². The minimum absolute atomic E-state index is 0.0421. The summed E-state index contributed by atoms with van der Waals surface area (Å²) in [7, 11) is 0. The van der Waals surface area contributed by atoms with Gasteiger partial charge in [-0.15, -0.1) is 0 Å². The van der Waals surface area contributed by atoms with E-state index in [0.29, 0.717) is 11.4 Å². The van der Waals surface area contributed by atoms with Crippen LogP contribution >= 0.6 is 0 Å². The van der Waals surface area contributed by atoms with E-state index >= 15 is 0 Å². The molecule has 1 aromatic rings. The third-order valence-electron chi connectivity index (χ3n) is 2.16. The van der Waals surface area contributed by atoms with Crippen LogP contribution in [0.5, 0.6) is 0 Å². The average Bonchev–Trinajstić information content (AvgIpc) is 2.06. The quantitative estimate of drug-likeness (QED) is 0.767. The Kier molecular flexibility index (Phi) is 2.79. The van der Waals surface area contributed by atoms with E-state index in [-0.39, 0.29) is 11.1 Å². The molecule has 0 bridgehead atoms. The summed E-state index contributed by atoms with van der Waals surface area (Å²) >= 11 is 0. The number of hydrogen-bond acceptors (Lipinski definition) is 3. The molecule has 0 fully saturated rings. The smallest absolute Gasteiger partial charge is 0.356 e. The first-order valence-corrected chi connectivity index (χ1v) is 4.82. The highest BCUT2D eigenvalue weighted by molar-refractivity contribution is 5.86. The van der Waals surface area contributed by atoms with Crippen LogP contribution in [0.4, 0.5) is 0 Å². The predicted octanol–water partition coefficient (Wildman–Crippen LogP) is 2.09. The van der Waals surface area contributed by atoms with Crippen LogP contribution in [0.3, 0.4) is 0 Å². The minimum Gasteiger partial charge on any atom is -0.476 e. The lowest BCUT2D eigenvalue weighted by molar-refractivity contribution is 0.0688. The summed E-state index contributed by atoms with van der Waals surface area (Å²) < 4.78 is 0. The van der Waals surface area contributed by atoms with Crippen LogP contribution in [0.15, 0.2) is 0 Å². The summed E-state index contributed by atoms with van der Waals surface area (Å²) in [5, 5.41) is 8.88. The van der Waals surface area contributed by atoms with Gasteiger partial charge in [-0.2, -0.15) is 0 Å². The molecule has 0 aromatic carbocycles. The third-order valence-corrected chi connectivity index (χ3v) is 2.16. The molecule has 1 rings (SSSR count). The molecule has 4 heteroatoms. The number of nitrogens with zero attached hydrogens (tertiary/aromatic N) is 2. The first kappa shape index (κ1) is 11.6. The molecule has 15 heavy (non-hydrogen) atoms. The summed E-state index contributed by atoms with van der Waals surface area (Å²) in [4.78, 5) is 19.2. The Bertz CT molecular complexity index is 406. The summed E-state index contributed by atoms with van der Waals surface area (Å²) in [5.41, 5.74) is 1.94. The van der Waals surface area contributed by atoms with Crippen molar-refractivity contribution in [2.45, 2.75) is 40.0 Å². The highest BCUT2D eigenvalue weighted by Gasteiger charge is 2.22. The zero-order valence-corrected chi connectivity index (χ0v) is 9.75. The fourth-order valence-electron chi connectivity index (χ4n) is 1.52. The Morgan fingerprint density at radius 2 is 1.67 bits per heavy atom. The molecule has 1 N–H and O–H groups in total. The van der Waals surface area contributed by atoms with Crippen molar-refractivity contribution in [3.05, 3.63) is 22.8 Å². The molecule has 0 saturated heterocycles. The fourth-order valence-corrected chi connectivity index (χ4v) is 1.52. The molecular weight excluding hydrogens is 192 g/mol. The lowest BCUT2D eigenvalue weighted by Gasteiger charge is -2.20. The Labute approximate surface area is 89.4 Å². The van der Waals surface area contributed by atoms with Crippen LogP contribution in [0.25, 0.3) is 0 Å². The number of aromatic carboxylic acids is 1. The fraction of sp³-hybridized carbons (Fsp3) is 0.545. The molecule has 1 aromatic heterocycles. The topological polar surface area (TPSA) is 63.1 Å². The zero-order valence-electron chi connectivity index (χ0n) is 9.75. The van der Waals surface area contributed by atoms with Gasteiger partial charge in [-0.25, -0.2) is 9.78 Å². The standard InChI is InChI=1S/C11H16N2O2/c1-6-8(10(14)15)12-7(2)9(13-6)11(3,4)5/h1-5H3,(H,14,15). The summed E-state index contributed by atoms with van der Waals surface area (Å²) in [5.74, 6) is -1.02. The van der Waals surface area contributed by atoms with Gasteiger partial charge in [0.15, 0.2) is 5.69 Å². The normalized spacial score (nSPS) is 11.5. The third kappa shape index (κ3) is 2.32. The second-order valence-electron chi connectivity index (χ2n) is 4.65. The van der Waals surface area contributed by atoms with E-state index in [2.05, 4.69) is 9.97 Å². The molecule has 0 radical (unpaired) electrons. The summed E-state index contributed by atoms with van der Waals surface area (Å²) in [6.45, 7) is 9.56. The highest BCUT2D eigenvalue weighted by Crippen LogP contribution is 2.23. The Balaban J connectivity index is 3.39. The average molecular weight is 208 g/mol. The van der Waals surface area contributed by atoms with Crippen molar-refractivity contribution >= 4 is 5.97 Å². The molecule has 4 nitrogen and oxygen atoms in total. The Morgan fingerprint density at radius 3 is 2.07 bits per heavy atom. The maximum atomic E-state index is 10.8. The van der Waals surface area contributed by atoms with Crippen molar-refractivity contribution in [1.82, 2.24) is 9.97 Å². The molecule has 0 aliphatic carbocycles. The lowest BCUT2D eigenvalue weighted by Crippen LogP contribution is -2.19. The van der Waals surface area contributed by atoms with Gasteiger partial charge in [0.25, 0.3) is 0 Å². The van der Waals surface area contributed by atoms with Gasteiger partial charge in [0.2, 0.25) is 0 Å². The molecule has 0 unspecified atom stereocenters. The summed E-state index contributed by atoms with van der Waals surface area (Å²) in [6.07, 6.45) is 0. The number of hydrogen-bond donors (Lipinski definition) is 1. The molecule has 1 heterocycles. The minimum atomic E-state index is -1.02. The summed E-state index contributed by atoms with van der Waals surface area (Å²) in [6, 6.07) is 0. The van der Waals surface area contributed by atoms with Crippen molar-refractivity contribution in [2.24, 2.45) is 0 Å². The Hall–Kier alpha value is -1.45. The van der Waals surface area contributed by atoms with E-state index in [0.717, 1.165) is 5.69 Å². The highest BCUT2D eigenvalue weighted by atomic mass is 16.4. The van der Waals surface area contributed by atoms with E-state index < -0.39 is 5.97 Å². The van der Waals surface area contributed by atoms with Gasteiger partial charge in [-0.1, -0.05) is 20.8 Å². The van der Waals surface area contributed by atoms with Gasteiger partial charge in [-0.3, -0.25) is 4.98 Å². The molecule has 0 aliphatic heterocycles. The molecular formula is C11H16N2O2. The van der Waals surface area contributed by atoms with Gasteiger partial charge in [-0.05, 0) is 13.8 Å². The molecule has 0 aliphatic rings. The van der Waals surface area contributed by atoms with E-state index in [1.54, 1.807) is 13.8 Å². The number of carboxylic acid groups (broad SMARTS) is 1. The van der Waals surface area contributed by atoms with Crippen molar-refractivity contribution < 1.29 is 9.90 Å². The maximum Gasteiger partial charge on any atom is 0.356 e. The van der Waals surface area contributed by atoms with Crippen LogP contribution < -0.4 is 0 Å².